The fourth-order valence-corrected chi connectivity index (χ4v) is 1.95. The topological polar surface area (TPSA) is 91.0 Å². The second-order valence-electron chi connectivity index (χ2n) is 6.07. The minimum absolute atomic E-state index is 0.0348. The van der Waals surface area contributed by atoms with Crippen molar-refractivity contribution in [2.45, 2.75) is 52.4 Å². The summed E-state index contributed by atoms with van der Waals surface area (Å²) < 4.78 is 11.2. The van der Waals surface area contributed by atoms with Gasteiger partial charge in [-0.15, -0.1) is 0 Å². The number of carbonyl (C=O) groups excluding carboxylic acids is 2. The van der Waals surface area contributed by atoms with Gasteiger partial charge in [-0.3, -0.25) is 4.79 Å². The molecule has 2 N–H and O–H groups in total. The number of nitrogens with zero attached hydrogens (tertiary/aromatic N) is 1. The first-order valence-corrected chi connectivity index (χ1v) is 7.57. The van der Waals surface area contributed by atoms with E-state index in [1.54, 1.807) is 25.1 Å². The highest BCUT2D eigenvalue weighted by molar-refractivity contribution is 6.00. The summed E-state index contributed by atoms with van der Waals surface area (Å²) in [5, 5.41) is 0. The van der Waals surface area contributed by atoms with E-state index in [-0.39, 0.29) is 12.4 Å². The summed E-state index contributed by atoms with van der Waals surface area (Å²) in [5.74, 6) is 0.507. The average molecular weight is 320 g/mol. The van der Waals surface area contributed by atoms with Crippen LogP contribution in [0.15, 0.2) is 23.2 Å². The number of ketones is 1. The van der Waals surface area contributed by atoms with Gasteiger partial charge < -0.3 is 15.2 Å². The standard InChI is InChI=1S/C17H24N2O4/c1-5-15(21)13-10-12(6-7-14(13)18)22-9-8-16(19-11-20)23-17(2,3)4/h6-7,10,16H,5,8-9,18H2,1-4H3. The van der Waals surface area contributed by atoms with Gasteiger partial charge in [0.2, 0.25) is 6.08 Å². The smallest absolute Gasteiger partial charge is 0.237 e. The number of hydrogen-bond donors (Lipinski definition) is 1. The number of ether oxygens (including phenoxy) is 2. The zero-order valence-electron chi connectivity index (χ0n) is 14.1. The Bertz CT molecular complexity index is 587. The number of rotatable bonds is 8. The fourth-order valence-electron chi connectivity index (χ4n) is 1.95. The molecule has 0 heterocycles. The van der Waals surface area contributed by atoms with Crippen LogP contribution in [-0.4, -0.2) is 30.3 Å². The Kier molecular flexibility index (Phi) is 6.94. The van der Waals surface area contributed by atoms with Gasteiger partial charge in [-0.1, -0.05) is 6.92 Å². The van der Waals surface area contributed by atoms with Crippen LogP contribution in [0.25, 0.3) is 0 Å². The van der Waals surface area contributed by atoms with E-state index in [9.17, 15) is 9.59 Å². The molecule has 0 saturated heterocycles. The molecule has 0 aliphatic heterocycles. The first kappa shape index (κ1) is 18.9. The largest absolute Gasteiger partial charge is 0.493 e. The Morgan fingerprint density at radius 2 is 2.09 bits per heavy atom. The third-order valence-electron chi connectivity index (χ3n) is 2.97. The normalized spacial score (nSPS) is 12.3. The summed E-state index contributed by atoms with van der Waals surface area (Å²) in [4.78, 5) is 25.9. The van der Waals surface area contributed by atoms with Crippen molar-refractivity contribution >= 4 is 17.6 Å². The molecule has 0 radical (unpaired) electrons. The van der Waals surface area contributed by atoms with Gasteiger partial charge in [-0.25, -0.2) is 4.79 Å². The molecule has 1 rings (SSSR count). The first-order chi connectivity index (χ1) is 10.8. The third-order valence-corrected chi connectivity index (χ3v) is 2.97. The number of nitrogen functional groups attached to an aromatic ring is 1. The summed E-state index contributed by atoms with van der Waals surface area (Å²) in [6.45, 7) is 7.70. The lowest BCUT2D eigenvalue weighted by molar-refractivity contribution is -0.0621. The lowest BCUT2D eigenvalue weighted by Crippen LogP contribution is -2.27. The number of Topliss-reactive ketones (excluding diaryl/α,β-unsaturated/α-hetero) is 1. The van der Waals surface area contributed by atoms with Gasteiger partial charge in [-0.05, 0) is 39.0 Å². The van der Waals surface area contributed by atoms with Gasteiger partial charge in [0.1, 0.15) is 5.75 Å². The van der Waals surface area contributed by atoms with Gasteiger partial charge in [-0.2, -0.15) is 4.99 Å². The van der Waals surface area contributed by atoms with Crippen LogP contribution < -0.4 is 10.5 Å². The molecule has 0 amide bonds. The number of hydrogen-bond acceptors (Lipinski definition) is 6. The second-order valence-corrected chi connectivity index (χ2v) is 6.07. The molecule has 0 aromatic heterocycles. The Balaban J connectivity index is 2.67. The van der Waals surface area contributed by atoms with Crippen molar-refractivity contribution < 1.29 is 19.1 Å². The maximum Gasteiger partial charge on any atom is 0.237 e. The van der Waals surface area contributed by atoms with E-state index in [1.165, 1.54) is 6.08 Å². The lowest BCUT2D eigenvalue weighted by Gasteiger charge is -2.24. The minimum atomic E-state index is -0.613. The molecule has 0 aliphatic carbocycles. The fraction of sp³-hybridized carbons (Fsp3) is 0.529. The van der Waals surface area contributed by atoms with Crippen molar-refractivity contribution in [3.63, 3.8) is 0 Å². The van der Waals surface area contributed by atoms with Crippen LogP contribution >= 0.6 is 0 Å². The Hall–Kier alpha value is -2.17. The molecule has 23 heavy (non-hydrogen) atoms. The van der Waals surface area contributed by atoms with E-state index in [4.69, 9.17) is 15.2 Å². The number of nitrogens with two attached hydrogens (primary N) is 1. The Morgan fingerprint density at radius 1 is 1.39 bits per heavy atom. The van der Waals surface area contributed by atoms with Crippen molar-refractivity contribution in [2.24, 2.45) is 4.99 Å². The van der Waals surface area contributed by atoms with Gasteiger partial charge >= 0.3 is 0 Å². The van der Waals surface area contributed by atoms with Crippen LogP contribution in [0.1, 0.15) is 50.9 Å². The number of carbonyl (C=O) groups is 1. The Labute approximate surface area is 136 Å². The SMILES string of the molecule is CCC(=O)c1cc(OCCC(N=C=O)OC(C)(C)C)ccc1N. The van der Waals surface area contributed by atoms with Crippen molar-refractivity contribution in [3.8, 4) is 5.75 Å². The summed E-state index contributed by atoms with van der Waals surface area (Å²) in [6.07, 6.45) is 1.67. The minimum Gasteiger partial charge on any atom is -0.493 e. The van der Waals surface area contributed by atoms with E-state index in [1.807, 2.05) is 20.8 Å². The molecule has 0 fully saturated rings. The molecule has 1 aromatic rings. The quantitative estimate of drug-likeness (QED) is 0.344. The van der Waals surface area contributed by atoms with Crippen molar-refractivity contribution in [2.75, 3.05) is 12.3 Å². The van der Waals surface area contributed by atoms with Crippen molar-refractivity contribution in [1.29, 1.82) is 0 Å². The number of aliphatic imine (C=N–C) groups is 1. The first-order valence-electron chi connectivity index (χ1n) is 7.57. The van der Waals surface area contributed by atoms with Crippen LogP contribution in [0.3, 0.4) is 0 Å². The van der Waals surface area contributed by atoms with Crippen LogP contribution in [-0.2, 0) is 9.53 Å². The summed E-state index contributed by atoms with van der Waals surface area (Å²) in [7, 11) is 0. The van der Waals surface area contributed by atoms with Crippen LogP contribution in [0, 0.1) is 0 Å². The molecule has 6 nitrogen and oxygen atoms in total. The molecule has 126 valence electrons. The van der Waals surface area contributed by atoms with Crippen LogP contribution in [0.4, 0.5) is 5.69 Å². The second kappa shape index (κ2) is 8.46. The number of isocyanates is 1. The summed E-state index contributed by atoms with van der Waals surface area (Å²) in [6, 6.07) is 4.97. The molecular weight excluding hydrogens is 296 g/mol. The third kappa shape index (κ3) is 6.63. The van der Waals surface area contributed by atoms with Crippen LogP contribution in [0.2, 0.25) is 0 Å². The highest BCUT2D eigenvalue weighted by atomic mass is 16.5. The predicted molar refractivity (Wildman–Crippen MR) is 88.3 cm³/mol. The average Bonchev–Trinajstić information content (AvgIpc) is 2.46. The number of anilines is 1. The van der Waals surface area contributed by atoms with Crippen molar-refractivity contribution in [3.05, 3.63) is 23.8 Å². The molecule has 1 aromatic carbocycles. The molecular formula is C17H24N2O4. The van der Waals surface area contributed by atoms with Gasteiger partial charge in [0.15, 0.2) is 12.0 Å². The van der Waals surface area contributed by atoms with Gasteiger partial charge in [0, 0.05) is 24.1 Å². The molecule has 1 atom stereocenters. The monoisotopic (exact) mass is 320 g/mol. The van der Waals surface area contributed by atoms with Crippen molar-refractivity contribution in [1.82, 2.24) is 0 Å². The lowest BCUT2D eigenvalue weighted by atomic mass is 10.1. The highest BCUT2D eigenvalue weighted by Gasteiger charge is 2.18. The van der Waals surface area contributed by atoms with E-state index < -0.39 is 11.8 Å². The zero-order chi connectivity index (χ0) is 17.5. The zero-order valence-corrected chi connectivity index (χ0v) is 14.1. The van der Waals surface area contributed by atoms with E-state index in [2.05, 4.69) is 4.99 Å². The van der Waals surface area contributed by atoms with Gasteiger partial charge in [0.05, 0.1) is 12.2 Å². The molecule has 0 bridgehead atoms. The maximum absolute atomic E-state index is 11.8. The molecule has 0 spiro atoms. The van der Waals surface area contributed by atoms with E-state index in [0.717, 1.165) is 0 Å². The van der Waals surface area contributed by atoms with E-state index >= 15 is 0 Å². The summed E-state index contributed by atoms with van der Waals surface area (Å²) >= 11 is 0. The molecule has 0 saturated carbocycles. The summed E-state index contributed by atoms with van der Waals surface area (Å²) in [5.41, 5.74) is 6.26. The maximum atomic E-state index is 11.8. The Morgan fingerprint density at radius 3 is 2.65 bits per heavy atom. The van der Waals surface area contributed by atoms with E-state index in [0.29, 0.717) is 29.8 Å². The molecule has 6 heteroatoms. The molecule has 0 aliphatic rings. The highest BCUT2D eigenvalue weighted by Crippen LogP contribution is 2.22. The van der Waals surface area contributed by atoms with Crippen LogP contribution in [0.5, 0.6) is 5.75 Å². The number of benzene rings is 1. The predicted octanol–water partition coefficient (Wildman–Crippen LogP) is 3.11. The van der Waals surface area contributed by atoms with Gasteiger partial charge in [0.25, 0.3) is 0 Å². The molecule has 1 unspecified atom stereocenters.